The molecule has 1 aromatic carbocycles. The van der Waals surface area contributed by atoms with Crippen molar-refractivity contribution in [2.75, 3.05) is 19.7 Å². The van der Waals surface area contributed by atoms with Crippen LogP contribution in [0.5, 0.6) is 0 Å². The van der Waals surface area contributed by atoms with Crippen molar-refractivity contribution >= 4 is 11.9 Å². The number of rotatable bonds is 4. The van der Waals surface area contributed by atoms with Crippen LogP contribution in [0.25, 0.3) is 5.69 Å². The quantitative estimate of drug-likeness (QED) is 0.798. The van der Waals surface area contributed by atoms with Crippen molar-refractivity contribution < 1.29 is 14.3 Å². The third-order valence-electron chi connectivity index (χ3n) is 4.10. The van der Waals surface area contributed by atoms with Gasteiger partial charge in [0.15, 0.2) is 5.69 Å². The van der Waals surface area contributed by atoms with Crippen molar-refractivity contribution in [1.29, 1.82) is 0 Å². The van der Waals surface area contributed by atoms with Crippen LogP contribution >= 0.6 is 0 Å². The van der Waals surface area contributed by atoms with Crippen LogP contribution in [-0.2, 0) is 9.53 Å². The highest BCUT2D eigenvalue weighted by Crippen LogP contribution is 2.20. The Morgan fingerprint density at radius 2 is 1.92 bits per heavy atom. The summed E-state index contributed by atoms with van der Waals surface area (Å²) in [6.07, 6.45) is 2.72. The molecule has 0 unspecified atom stereocenters. The summed E-state index contributed by atoms with van der Waals surface area (Å²) in [7, 11) is 0. The van der Waals surface area contributed by atoms with E-state index in [2.05, 4.69) is 10.2 Å². The van der Waals surface area contributed by atoms with Crippen LogP contribution in [0.2, 0.25) is 0 Å². The molecule has 1 saturated heterocycles. The first-order valence-corrected chi connectivity index (χ1v) is 8.12. The van der Waals surface area contributed by atoms with Gasteiger partial charge in [-0.15, -0.1) is 5.10 Å². The summed E-state index contributed by atoms with van der Waals surface area (Å²) in [6.45, 7) is 3.24. The van der Waals surface area contributed by atoms with E-state index in [1.165, 1.54) is 11.0 Å². The second-order valence-electron chi connectivity index (χ2n) is 5.67. The van der Waals surface area contributed by atoms with Gasteiger partial charge in [0.25, 0.3) is 5.91 Å². The summed E-state index contributed by atoms with van der Waals surface area (Å²) in [5.41, 5.74) is 1.12. The molecule has 2 heterocycles. The average Bonchev–Trinajstić information content (AvgIpc) is 3.12. The zero-order valence-electron chi connectivity index (χ0n) is 13.6. The topological polar surface area (TPSA) is 77.3 Å². The molecular weight excluding hydrogens is 308 g/mol. The van der Waals surface area contributed by atoms with Gasteiger partial charge in [-0.2, -0.15) is 9.90 Å². The van der Waals surface area contributed by atoms with Gasteiger partial charge < -0.3 is 9.64 Å². The van der Waals surface area contributed by atoms with Gasteiger partial charge in [0.05, 0.1) is 24.4 Å². The minimum absolute atomic E-state index is 0.117. The third kappa shape index (κ3) is 3.45. The SMILES string of the molecule is CCOC(=O)C1CCN(C(=O)c2cnn(-c3ccccc3)n2)CC1. The van der Waals surface area contributed by atoms with Gasteiger partial charge in [-0.05, 0) is 31.9 Å². The molecule has 1 aliphatic heterocycles. The molecule has 0 bridgehead atoms. The summed E-state index contributed by atoms with van der Waals surface area (Å²) >= 11 is 0. The fourth-order valence-corrected chi connectivity index (χ4v) is 2.79. The molecule has 1 aliphatic rings. The minimum Gasteiger partial charge on any atom is -0.466 e. The third-order valence-corrected chi connectivity index (χ3v) is 4.10. The monoisotopic (exact) mass is 328 g/mol. The number of hydrogen-bond acceptors (Lipinski definition) is 5. The van der Waals surface area contributed by atoms with Gasteiger partial charge in [0.1, 0.15) is 0 Å². The van der Waals surface area contributed by atoms with Gasteiger partial charge in [-0.1, -0.05) is 18.2 Å². The highest BCUT2D eigenvalue weighted by Gasteiger charge is 2.29. The van der Waals surface area contributed by atoms with Gasteiger partial charge in [0.2, 0.25) is 0 Å². The number of benzene rings is 1. The number of aromatic nitrogens is 3. The van der Waals surface area contributed by atoms with Gasteiger partial charge >= 0.3 is 5.97 Å². The Kier molecular flexibility index (Phi) is 4.88. The lowest BCUT2D eigenvalue weighted by Gasteiger charge is -2.30. The van der Waals surface area contributed by atoms with E-state index in [4.69, 9.17) is 4.74 Å². The van der Waals surface area contributed by atoms with Crippen molar-refractivity contribution in [3.8, 4) is 5.69 Å². The summed E-state index contributed by atoms with van der Waals surface area (Å²) in [5.74, 6) is -0.437. The molecule has 1 fully saturated rings. The van der Waals surface area contributed by atoms with E-state index in [-0.39, 0.29) is 17.8 Å². The molecule has 0 radical (unpaired) electrons. The fourth-order valence-electron chi connectivity index (χ4n) is 2.79. The number of para-hydroxylation sites is 1. The van der Waals surface area contributed by atoms with Crippen molar-refractivity contribution in [3.63, 3.8) is 0 Å². The van der Waals surface area contributed by atoms with E-state index in [9.17, 15) is 9.59 Å². The summed E-state index contributed by atoms with van der Waals surface area (Å²) in [5, 5.41) is 8.42. The van der Waals surface area contributed by atoms with E-state index in [0.717, 1.165) is 5.69 Å². The molecular formula is C17H20N4O3. The van der Waals surface area contributed by atoms with E-state index >= 15 is 0 Å². The maximum Gasteiger partial charge on any atom is 0.309 e. The molecule has 7 heteroatoms. The second kappa shape index (κ2) is 7.25. The van der Waals surface area contributed by atoms with E-state index < -0.39 is 0 Å². The molecule has 126 valence electrons. The minimum atomic E-state index is -0.167. The Balaban J connectivity index is 1.62. The van der Waals surface area contributed by atoms with Crippen molar-refractivity contribution in [2.24, 2.45) is 5.92 Å². The van der Waals surface area contributed by atoms with E-state index in [1.807, 2.05) is 30.3 Å². The molecule has 1 amide bonds. The lowest BCUT2D eigenvalue weighted by atomic mass is 9.97. The summed E-state index contributed by atoms with van der Waals surface area (Å²) < 4.78 is 5.05. The number of likely N-dealkylation sites (tertiary alicyclic amines) is 1. The van der Waals surface area contributed by atoms with Crippen LogP contribution in [0, 0.1) is 5.92 Å². The predicted molar refractivity (Wildman–Crippen MR) is 86.6 cm³/mol. The molecule has 0 atom stereocenters. The first-order chi connectivity index (χ1) is 11.7. The zero-order chi connectivity index (χ0) is 16.9. The number of carbonyl (C=O) groups excluding carboxylic acids is 2. The predicted octanol–water partition coefficient (Wildman–Crippen LogP) is 1.68. The van der Waals surface area contributed by atoms with E-state index in [0.29, 0.717) is 38.2 Å². The average molecular weight is 328 g/mol. The summed E-state index contributed by atoms with van der Waals surface area (Å²) in [6, 6.07) is 9.44. The number of amides is 1. The standard InChI is InChI=1S/C17H20N4O3/c1-2-24-17(23)13-8-10-20(11-9-13)16(22)15-12-18-21(19-15)14-6-4-3-5-7-14/h3-7,12-13H,2,8-11H2,1H3. The molecule has 2 aromatic rings. The van der Waals surface area contributed by atoms with Crippen molar-refractivity contribution in [3.05, 3.63) is 42.2 Å². The first-order valence-electron chi connectivity index (χ1n) is 8.12. The lowest BCUT2D eigenvalue weighted by Crippen LogP contribution is -2.40. The normalized spacial score (nSPS) is 15.3. The summed E-state index contributed by atoms with van der Waals surface area (Å²) in [4.78, 5) is 27.5. The number of ether oxygens (including phenoxy) is 1. The highest BCUT2D eigenvalue weighted by molar-refractivity contribution is 5.92. The molecule has 1 aromatic heterocycles. The molecule has 0 aliphatic carbocycles. The Labute approximate surface area is 140 Å². The fraction of sp³-hybridized carbons (Fsp3) is 0.412. The van der Waals surface area contributed by atoms with Gasteiger partial charge in [-0.25, -0.2) is 0 Å². The van der Waals surface area contributed by atoms with Crippen LogP contribution in [0.15, 0.2) is 36.5 Å². The second-order valence-corrected chi connectivity index (χ2v) is 5.67. The van der Waals surface area contributed by atoms with Crippen molar-refractivity contribution in [1.82, 2.24) is 19.9 Å². The van der Waals surface area contributed by atoms with Crippen LogP contribution in [-0.4, -0.2) is 51.5 Å². The number of esters is 1. The molecule has 3 rings (SSSR count). The Morgan fingerprint density at radius 1 is 1.21 bits per heavy atom. The maximum absolute atomic E-state index is 12.5. The molecule has 0 spiro atoms. The lowest BCUT2D eigenvalue weighted by molar-refractivity contribution is -0.149. The smallest absolute Gasteiger partial charge is 0.309 e. The zero-order valence-corrected chi connectivity index (χ0v) is 13.6. The number of piperidine rings is 1. The number of nitrogens with zero attached hydrogens (tertiary/aromatic N) is 4. The molecule has 0 saturated carbocycles. The van der Waals surface area contributed by atoms with Gasteiger partial charge in [0, 0.05) is 13.1 Å². The molecule has 24 heavy (non-hydrogen) atoms. The maximum atomic E-state index is 12.5. The largest absolute Gasteiger partial charge is 0.466 e. The van der Waals surface area contributed by atoms with Crippen molar-refractivity contribution in [2.45, 2.75) is 19.8 Å². The van der Waals surface area contributed by atoms with Crippen LogP contribution < -0.4 is 0 Å². The van der Waals surface area contributed by atoms with Crippen LogP contribution in [0.1, 0.15) is 30.3 Å². The number of hydrogen-bond donors (Lipinski definition) is 0. The van der Waals surface area contributed by atoms with Crippen LogP contribution in [0.3, 0.4) is 0 Å². The molecule has 7 nitrogen and oxygen atoms in total. The Hall–Kier alpha value is -2.70. The molecule has 0 N–H and O–H groups in total. The van der Waals surface area contributed by atoms with E-state index in [1.54, 1.807) is 11.8 Å². The highest BCUT2D eigenvalue weighted by atomic mass is 16.5. The Morgan fingerprint density at radius 3 is 2.58 bits per heavy atom. The Bertz CT molecular complexity index is 706. The number of carbonyl (C=O) groups is 2. The van der Waals surface area contributed by atoms with Gasteiger partial charge in [-0.3, -0.25) is 9.59 Å². The first kappa shape index (κ1) is 16.2. The van der Waals surface area contributed by atoms with Crippen LogP contribution in [0.4, 0.5) is 0 Å².